The summed E-state index contributed by atoms with van der Waals surface area (Å²) in [5.41, 5.74) is 1.99. The lowest BCUT2D eigenvalue weighted by Crippen LogP contribution is -2.45. The van der Waals surface area contributed by atoms with E-state index >= 15 is 0 Å². The van der Waals surface area contributed by atoms with Crippen LogP contribution in [-0.2, 0) is 14.8 Å². The van der Waals surface area contributed by atoms with Crippen molar-refractivity contribution in [1.82, 2.24) is 0 Å². The third-order valence-electron chi connectivity index (χ3n) is 3.88. The van der Waals surface area contributed by atoms with Crippen molar-refractivity contribution < 1.29 is 17.6 Å². The van der Waals surface area contributed by atoms with Crippen LogP contribution in [0.15, 0.2) is 40.9 Å². The average molecular weight is 443 g/mol. The molecule has 0 saturated heterocycles. The van der Waals surface area contributed by atoms with Gasteiger partial charge < -0.3 is 5.32 Å². The number of halogens is 2. The Hall–Kier alpha value is -1.93. The van der Waals surface area contributed by atoms with Crippen molar-refractivity contribution in [3.8, 4) is 0 Å². The zero-order valence-electron chi connectivity index (χ0n) is 14.9. The summed E-state index contributed by atoms with van der Waals surface area (Å²) >= 11 is 3.15. The predicted octanol–water partition coefficient (Wildman–Crippen LogP) is 4.00. The monoisotopic (exact) mass is 442 g/mol. The van der Waals surface area contributed by atoms with E-state index in [0.29, 0.717) is 10.2 Å². The van der Waals surface area contributed by atoms with E-state index in [4.69, 9.17) is 0 Å². The highest BCUT2D eigenvalue weighted by atomic mass is 79.9. The van der Waals surface area contributed by atoms with Crippen LogP contribution in [0.1, 0.15) is 18.1 Å². The van der Waals surface area contributed by atoms with E-state index in [-0.39, 0.29) is 5.69 Å². The minimum Gasteiger partial charge on any atom is -0.322 e. The zero-order valence-corrected chi connectivity index (χ0v) is 17.3. The van der Waals surface area contributed by atoms with Gasteiger partial charge in [0.1, 0.15) is 11.9 Å². The molecule has 0 unspecified atom stereocenters. The van der Waals surface area contributed by atoms with E-state index in [2.05, 4.69) is 21.2 Å². The van der Waals surface area contributed by atoms with Gasteiger partial charge >= 0.3 is 0 Å². The molecule has 140 valence electrons. The summed E-state index contributed by atoms with van der Waals surface area (Å²) in [6.07, 6.45) is 1.04. The Kier molecular flexibility index (Phi) is 6.08. The van der Waals surface area contributed by atoms with Crippen molar-refractivity contribution >= 4 is 43.2 Å². The number of aryl methyl sites for hydroxylation is 2. The van der Waals surface area contributed by atoms with Gasteiger partial charge in [-0.15, -0.1) is 0 Å². The van der Waals surface area contributed by atoms with E-state index in [1.54, 1.807) is 25.1 Å². The molecule has 0 heterocycles. The van der Waals surface area contributed by atoms with E-state index in [1.807, 2.05) is 13.0 Å². The highest BCUT2D eigenvalue weighted by molar-refractivity contribution is 9.10. The fourth-order valence-electron chi connectivity index (χ4n) is 2.57. The van der Waals surface area contributed by atoms with Crippen molar-refractivity contribution in [2.45, 2.75) is 26.8 Å². The van der Waals surface area contributed by atoms with Crippen molar-refractivity contribution in [1.29, 1.82) is 0 Å². The van der Waals surface area contributed by atoms with Crippen LogP contribution in [0.5, 0.6) is 0 Å². The number of benzene rings is 2. The molecule has 0 radical (unpaired) electrons. The molecule has 5 nitrogen and oxygen atoms in total. The highest BCUT2D eigenvalue weighted by Crippen LogP contribution is 2.27. The summed E-state index contributed by atoms with van der Waals surface area (Å²) in [6, 6.07) is 8.52. The highest BCUT2D eigenvalue weighted by Gasteiger charge is 2.30. The second kappa shape index (κ2) is 7.75. The molecule has 0 aliphatic rings. The number of nitrogens with one attached hydrogen (secondary N) is 1. The number of hydrogen-bond donors (Lipinski definition) is 1. The average Bonchev–Trinajstić information content (AvgIpc) is 2.52. The van der Waals surface area contributed by atoms with Gasteiger partial charge in [0.2, 0.25) is 15.9 Å². The van der Waals surface area contributed by atoms with Gasteiger partial charge in [0.05, 0.1) is 17.6 Å². The molecule has 0 fully saturated rings. The molecule has 1 amide bonds. The second-order valence-corrected chi connectivity index (χ2v) is 8.91. The third-order valence-corrected chi connectivity index (χ3v) is 5.60. The lowest BCUT2D eigenvalue weighted by Gasteiger charge is -2.29. The van der Waals surface area contributed by atoms with Crippen molar-refractivity contribution in [2.75, 3.05) is 15.9 Å². The molecule has 0 spiro atoms. The standard InChI is InChI=1S/C18H20BrFN2O3S/c1-11-5-6-12(2)17(9-11)22(26(4,24)25)13(3)18(23)21-16-8-7-14(19)10-15(16)20/h5-10,13H,1-4H3,(H,21,23)/t13-/m0/s1. The fourth-order valence-corrected chi connectivity index (χ4v) is 4.12. The maximum atomic E-state index is 14.0. The number of rotatable bonds is 5. The van der Waals surface area contributed by atoms with E-state index < -0.39 is 27.8 Å². The molecule has 2 rings (SSSR count). The first kappa shape index (κ1) is 20.4. The summed E-state index contributed by atoms with van der Waals surface area (Å²) < 4.78 is 40.3. The van der Waals surface area contributed by atoms with Crippen LogP contribution in [0.3, 0.4) is 0 Å². The van der Waals surface area contributed by atoms with Crippen LogP contribution >= 0.6 is 15.9 Å². The molecule has 1 N–H and O–H groups in total. The molecule has 0 bridgehead atoms. The van der Waals surface area contributed by atoms with Crippen LogP contribution in [0.25, 0.3) is 0 Å². The van der Waals surface area contributed by atoms with E-state index in [0.717, 1.165) is 21.7 Å². The van der Waals surface area contributed by atoms with Crippen LogP contribution in [0.4, 0.5) is 15.8 Å². The number of amides is 1. The van der Waals surface area contributed by atoms with Crippen LogP contribution in [0.2, 0.25) is 0 Å². The summed E-state index contributed by atoms with van der Waals surface area (Å²) in [6.45, 7) is 5.08. The topological polar surface area (TPSA) is 66.5 Å². The number of carbonyl (C=O) groups is 1. The van der Waals surface area contributed by atoms with Gasteiger partial charge in [0.25, 0.3) is 0 Å². The Morgan fingerprint density at radius 3 is 2.42 bits per heavy atom. The normalized spacial score (nSPS) is 12.5. The Morgan fingerprint density at radius 1 is 1.19 bits per heavy atom. The molecule has 0 aliphatic heterocycles. The van der Waals surface area contributed by atoms with Gasteiger partial charge in [-0.05, 0) is 56.2 Å². The molecule has 0 aromatic heterocycles. The minimum atomic E-state index is -3.74. The first-order chi connectivity index (χ1) is 12.0. The molecule has 2 aromatic carbocycles. The molecule has 2 aromatic rings. The SMILES string of the molecule is Cc1ccc(C)c(N([C@@H](C)C(=O)Nc2ccc(Br)cc2F)S(C)(=O)=O)c1. The van der Waals surface area contributed by atoms with Crippen LogP contribution < -0.4 is 9.62 Å². The summed E-state index contributed by atoms with van der Waals surface area (Å²) in [5, 5.41) is 2.45. The number of anilines is 2. The van der Waals surface area contributed by atoms with Gasteiger partial charge in [-0.25, -0.2) is 12.8 Å². The van der Waals surface area contributed by atoms with Gasteiger partial charge in [-0.3, -0.25) is 9.10 Å². The van der Waals surface area contributed by atoms with Gasteiger partial charge in [0.15, 0.2) is 0 Å². The quantitative estimate of drug-likeness (QED) is 0.760. The van der Waals surface area contributed by atoms with E-state index in [9.17, 15) is 17.6 Å². The first-order valence-electron chi connectivity index (χ1n) is 7.83. The zero-order chi connectivity index (χ0) is 19.6. The molecule has 26 heavy (non-hydrogen) atoms. The van der Waals surface area contributed by atoms with Crippen molar-refractivity contribution in [3.05, 3.63) is 57.8 Å². The molecule has 8 heteroatoms. The fraction of sp³-hybridized carbons (Fsp3) is 0.278. The Balaban J connectivity index is 2.39. The minimum absolute atomic E-state index is 0.0144. The Labute approximate surface area is 161 Å². The lowest BCUT2D eigenvalue weighted by molar-refractivity contribution is -0.116. The van der Waals surface area contributed by atoms with Crippen LogP contribution in [-0.4, -0.2) is 26.6 Å². The van der Waals surface area contributed by atoms with Crippen molar-refractivity contribution in [2.24, 2.45) is 0 Å². The lowest BCUT2D eigenvalue weighted by atomic mass is 10.1. The smallest absolute Gasteiger partial charge is 0.248 e. The number of nitrogens with zero attached hydrogens (tertiary/aromatic N) is 1. The number of hydrogen-bond acceptors (Lipinski definition) is 3. The Bertz CT molecular complexity index is 947. The predicted molar refractivity (Wildman–Crippen MR) is 105 cm³/mol. The number of sulfonamides is 1. The first-order valence-corrected chi connectivity index (χ1v) is 10.5. The molecular weight excluding hydrogens is 423 g/mol. The molecule has 1 atom stereocenters. The maximum absolute atomic E-state index is 14.0. The maximum Gasteiger partial charge on any atom is 0.248 e. The summed E-state index contributed by atoms with van der Waals surface area (Å²) in [5.74, 6) is -1.24. The summed E-state index contributed by atoms with van der Waals surface area (Å²) in [4.78, 5) is 12.6. The van der Waals surface area contributed by atoms with Crippen LogP contribution in [0, 0.1) is 19.7 Å². The second-order valence-electron chi connectivity index (χ2n) is 6.14. The van der Waals surface area contributed by atoms with E-state index in [1.165, 1.54) is 19.1 Å². The molecule has 0 aliphatic carbocycles. The number of carbonyl (C=O) groups excluding carboxylic acids is 1. The molecular formula is C18H20BrFN2O3S. The third kappa shape index (κ3) is 4.62. The Morgan fingerprint density at radius 2 is 1.85 bits per heavy atom. The summed E-state index contributed by atoms with van der Waals surface area (Å²) in [7, 11) is -3.74. The van der Waals surface area contributed by atoms with Gasteiger partial charge in [-0.1, -0.05) is 28.1 Å². The van der Waals surface area contributed by atoms with Crippen molar-refractivity contribution in [3.63, 3.8) is 0 Å². The largest absolute Gasteiger partial charge is 0.322 e. The van der Waals surface area contributed by atoms with Gasteiger partial charge in [-0.2, -0.15) is 0 Å². The molecule has 0 saturated carbocycles. The van der Waals surface area contributed by atoms with Gasteiger partial charge in [0, 0.05) is 4.47 Å².